The number of piperidine rings is 1. The van der Waals surface area contributed by atoms with Gasteiger partial charge in [-0.25, -0.2) is 0 Å². The molecular formula is C26H36N2O2. The van der Waals surface area contributed by atoms with E-state index >= 15 is 0 Å². The number of amides is 1. The maximum atomic E-state index is 13.2. The first-order chi connectivity index (χ1) is 14.4. The van der Waals surface area contributed by atoms with Crippen molar-refractivity contribution >= 4 is 11.6 Å². The normalized spacial score (nSPS) is 15.4. The Kier molecular flexibility index (Phi) is 7.54. The highest BCUT2D eigenvalue weighted by Crippen LogP contribution is 2.29. The third-order valence-corrected chi connectivity index (χ3v) is 6.08. The highest BCUT2D eigenvalue weighted by molar-refractivity contribution is 5.94. The molecule has 0 radical (unpaired) electrons. The minimum Gasteiger partial charge on any atom is -0.497 e. The van der Waals surface area contributed by atoms with E-state index < -0.39 is 0 Å². The van der Waals surface area contributed by atoms with Crippen molar-refractivity contribution in [2.45, 2.75) is 59.5 Å². The number of carbonyl (C=O) groups is 1. The van der Waals surface area contributed by atoms with Crippen molar-refractivity contribution in [3.8, 4) is 5.75 Å². The van der Waals surface area contributed by atoms with Gasteiger partial charge in [0.05, 0.1) is 7.11 Å². The molecule has 0 aromatic heterocycles. The van der Waals surface area contributed by atoms with E-state index in [1.165, 1.54) is 16.7 Å². The summed E-state index contributed by atoms with van der Waals surface area (Å²) in [6.45, 7) is 11.5. The Balaban J connectivity index is 1.70. The number of anilines is 1. The predicted octanol–water partition coefficient (Wildman–Crippen LogP) is 5.36. The standard InChI is InChI=1S/C26H36N2O2/c1-19(2)15-26(29)28(24-7-6-8-25(17-24)30-5)23-11-13-27(14-12-23)18-22-10-9-20(3)21(4)16-22/h6-10,16-17,19,23H,11-15,18H2,1-5H3. The number of nitrogens with zero attached hydrogens (tertiary/aromatic N) is 2. The van der Waals surface area contributed by atoms with E-state index in [1.54, 1.807) is 7.11 Å². The van der Waals surface area contributed by atoms with Gasteiger partial charge in [0.2, 0.25) is 5.91 Å². The third kappa shape index (κ3) is 5.63. The van der Waals surface area contributed by atoms with Gasteiger partial charge >= 0.3 is 0 Å². The molecule has 2 aromatic rings. The number of ether oxygens (including phenoxy) is 1. The number of hydrogen-bond donors (Lipinski definition) is 0. The van der Waals surface area contributed by atoms with Crippen molar-refractivity contribution < 1.29 is 9.53 Å². The number of aryl methyl sites for hydroxylation is 2. The zero-order valence-electron chi connectivity index (χ0n) is 19.1. The summed E-state index contributed by atoms with van der Waals surface area (Å²) in [6, 6.07) is 14.9. The number of likely N-dealkylation sites (tertiary alicyclic amines) is 1. The van der Waals surface area contributed by atoms with Crippen LogP contribution in [-0.4, -0.2) is 37.0 Å². The fraction of sp³-hybridized carbons (Fsp3) is 0.500. The maximum absolute atomic E-state index is 13.2. The number of hydrogen-bond acceptors (Lipinski definition) is 3. The Hall–Kier alpha value is -2.33. The van der Waals surface area contributed by atoms with E-state index in [-0.39, 0.29) is 11.9 Å². The molecular weight excluding hydrogens is 372 g/mol. The van der Waals surface area contributed by atoms with Crippen LogP contribution in [0.25, 0.3) is 0 Å². The van der Waals surface area contributed by atoms with Crippen LogP contribution in [0.5, 0.6) is 5.75 Å². The molecule has 2 aromatic carbocycles. The molecule has 0 spiro atoms. The van der Waals surface area contributed by atoms with E-state index in [4.69, 9.17) is 4.74 Å². The van der Waals surface area contributed by atoms with Gasteiger partial charge in [-0.05, 0) is 61.4 Å². The quantitative estimate of drug-likeness (QED) is 0.619. The molecule has 0 bridgehead atoms. The summed E-state index contributed by atoms with van der Waals surface area (Å²) in [4.78, 5) is 17.7. The van der Waals surface area contributed by atoms with Crippen molar-refractivity contribution in [3.05, 3.63) is 59.2 Å². The molecule has 0 N–H and O–H groups in total. The zero-order chi connectivity index (χ0) is 21.7. The average molecular weight is 409 g/mol. The van der Waals surface area contributed by atoms with Gasteiger partial charge in [0, 0.05) is 43.9 Å². The zero-order valence-corrected chi connectivity index (χ0v) is 19.1. The van der Waals surface area contributed by atoms with Gasteiger partial charge in [-0.1, -0.05) is 38.1 Å². The average Bonchev–Trinajstić information content (AvgIpc) is 2.72. The first-order valence-electron chi connectivity index (χ1n) is 11.1. The highest BCUT2D eigenvalue weighted by Gasteiger charge is 2.29. The lowest BCUT2D eigenvalue weighted by Gasteiger charge is -2.39. The van der Waals surface area contributed by atoms with Gasteiger partial charge in [-0.2, -0.15) is 0 Å². The Morgan fingerprint density at radius 3 is 2.47 bits per heavy atom. The lowest BCUT2D eigenvalue weighted by Crippen LogP contribution is -2.47. The molecule has 4 heteroatoms. The minimum absolute atomic E-state index is 0.214. The molecule has 1 saturated heterocycles. The van der Waals surface area contributed by atoms with E-state index in [2.05, 4.69) is 50.8 Å². The number of benzene rings is 2. The monoisotopic (exact) mass is 408 g/mol. The highest BCUT2D eigenvalue weighted by atomic mass is 16.5. The molecule has 3 rings (SSSR count). The molecule has 0 saturated carbocycles. The molecule has 1 amide bonds. The lowest BCUT2D eigenvalue weighted by molar-refractivity contribution is -0.120. The van der Waals surface area contributed by atoms with Crippen molar-refractivity contribution in [3.63, 3.8) is 0 Å². The van der Waals surface area contributed by atoms with E-state index in [0.29, 0.717) is 12.3 Å². The first kappa shape index (κ1) is 22.4. The summed E-state index contributed by atoms with van der Waals surface area (Å²) in [5, 5.41) is 0. The molecule has 0 atom stereocenters. The molecule has 0 unspecified atom stereocenters. The molecule has 0 aliphatic carbocycles. The van der Waals surface area contributed by atoms with Gasteiger partial charge in [-0.15, -0.1) is 0 Å². The molecule has 1 heterocycles. The molecule has 4 nitrogen and oxygen atoms in total. The van der Waals surface area contributed by atoms with Crippen LogP contribution in [0.2, 0.25) is 0 Å². The van der Waals surface area contributed by atoms with Crippen LogP contribution in [0.3, 0.4) is 0 Å². The van der Waals surface area contributed by atoms with E-state index in [0.717, 1.165) is 43.9 Å². The lowest BCUT2D eigenvalue weighted by atomic mass is 9.99. The van der Waals surface area contributed by atoms with Gasteiger partial charge in [-0.3, -0.25) is 9.69 Å². The summed E-state index contributed by atoms with van der Waals surface area (Å²) in [6.07, 6.45) is 2.55. The molecule has 30 heavy (non-hydrogen) atoms. The maximum Gasteiger partial charge on any atom is 0.227 e. The van der Waals surface area contributed by atoms with Crippen LogP contribution < -0.4 is 9.64 Å². The summed E-state index contributed by atoms with van der Waals surface area (Å²) < 4.78 is 5.41. The Bertz CT molecular complexity index is 854. The van der Waals surface area contributed by atoms with Crippen LogP contribution >= 0.6 is 0 Å². The number of methoxy groups -OCH3 is 1. The topological polar surface area (TPSA) is 32.8 Å². The fourth-order valence-electron chi connectivity index (χ4n) is 4.26. The van der Waals surface area contributed by atoms with Gasteiger partial charge in [0.1, 0.15) is 5.75 Å². The summed E-state index contributed by atoms with van der Waals surface area (Å²) in [5.41, 5.74) is 5.02. The van der Waals surface area contributed by atoms with Crippen LogP contribution in [0.4, 0.5) is 5.69 Å². The van der Waals surface area contributed by atoms with Crippen molar-refractivity contribution in [1.82, 2.24) is 4.90 Å². The van der Waals surface area contributed by atoms with Crippen LogP contribution in [0.15, 0.2) is 42.5 Å². The van der Waals surface area contributed by atoms with Gasteiger partial charge in [0.15, 0.2) is 0 Å². The Labute approximate surface area is 181 Å². The fourth-order valence-corrected chi connectivity index (χ4v) is 4.26. The summed E-state index contributed by atoms with van der Waals surface area (Å²) >= 11 is 0. The van der Waals surface area contributed by atoms with Crippen LogP contribution in [0, 0.1) is 19.8 Å². The Morgan fingerprint density at radius 1 is 1.10 bits per heavy atom. The smallest absolute Gasteiger partial charge is 0.227 e. The molecule has 1 aliphatic rings. The second-order valence-electron chi connectivity index (χ2n) is 8.99. The van der Waals surface area contributed by atoms with Gasteiger partial charge in [0.25, 0.3) is 0 Å². The minimum atomic E-state index is 0.214. The SMILES string of the molecule is COc1cccc(N(C(=O)CC(C)C)C2CCN(Cc3ccc(C)c(C)c3)CC2)c1. The second-order valence-corrected chi connectivity index (χ2v) is 8.99. The summed E-state index contributed by atoms with van der Waals surface area (Å²) in [5.74, 6) is 1.35. The van der Waals surface area contributed by atoms with E-state index in [1.807, 2.05) is 29.2 Å². The first-order valence-corrected chi connectivity index (χ1v) is 11.1. The van der Waals surface area contributed by atoms with Crippen molar-refractivity contribution in [2.75, 3.05) is 25.1 Å². The second kappa shape index (κ2) is 10.1. The van der Waals surface area contributed by atoms with Crippen molar-refractivity contribution in [1.29, 1.82) is 0 Å². The van der Waals surface area contributed by atoms with E-state index in [9.17, 15) is 4.79 Å². The molecule has 162 valence electrons. The molecule has 1 aliphatic heterocycles. The van der Waals surface area contributed by atoms with Crippen molar-refractivity contribution in [2.24, 2.45) is 5.92 Å². The Morgan fingerprint density at radius 2 is 1.83 bits per heavy atom. The molecule has 1 fully saturated rings. The van der Waals surface area contributed by atoms with Crippen LogP contribution in [-0.2, 0) is 11.3 Å². The van der Waals surface area contributed by atoms with Gasteiger partial charge < -0.3 is 9.64 Å². The largest absolute Gasteiger partial charge is 0.497 e. The number of carbonyl (C=O) groups excluding carboxylic acids is 1. The third-order valence-electron chi connectivity index (χ3n) is 6.08. The van der Waals surface area contributed by atoms with Crippen LogP contribution in [0.1, 0.15) is 49.8 Å². The number of rotatable bonds is 7. The predicted molar refractivity (Wildman–Crippen MR) is 124 cm³/mol. The summed E-state index contributed by atoms with van der Waals surface area (Å²) in [7, 11) is 1.67.